The van der Waals surface area contributed by atoms with Crippen LogP contribution in [0.4, 0.5) is 10.1 Å². The zero-order valence-electron chi connectivity index (χ0n) is 13.7. The molecule has 2 aromatic carbocycles. The van der Waals surface area contributed by atoms with Crippen LogP contribution in [0, 0.1) is 5.82 Å². The second-order valence-corrected chi connectivity index (χ2v) is 6.20. The number of benzene rings is 2. The molecule has 0 amide bonds. The molecule has 2 rings (SSSR count). The van der Waals surface area contributed by atoms with Gasteiger partial charge in [0.25, 0.3) is 0 Å². The lowest BCUT2D eigenvalue weighted by Crippen LogP contribution is -2.29. The number of ether oxygens (including phenoxy) is 1. The predicted octanol–water partition coefficient (Wildman–Crippen LogP) is 5.57. The van der Waals surface area contributed by atoms with Crippen LogP contribution in [-0.2, 0) is 0 Å². The van der Waals surface area contributed by atoms with Gasteiger partial charge in [0.05, 0.1) is 0 Å². The first-order chi connectivity index (χ1) is 10.4. The third-order valence-electron chi connectivity index (χ3n) is 3.85. The second-order valence-electron chi connectivity index (χ2n) is 6.20. The molecule has 0 heterocycles. The molecule has 0 aliphatic rings. The van der Waals surface area contributed by atoms with Crippen LogP contribution < -0.4 is 10.1 Å². The molecule has 118 valence electrons. The lowest BCUT2D eigenvalue weighted by Gasteiger charge is -2.26. The molecule has 0 aliphatic carbocycles. The lowest BCUT2D eigenvalue weighted by molar-refractivity contribution is 0.226. The fraction of sp³-hybridized carbons (Fsp3) is 0.368. The highest BCUT2D eigenvalue weighted by atomic mass is 19.1. The highest BCUT2D eigenvalue weighted by Crippen LogP contribution is 2.25. The van der Waals surface area contributed by atoms with Gasteiger partial charge >= 0.3 is 0 Å². The molecular weight excluding hydrogens is 277 g/mol. The summed E-state index contributed by atoms with van der Waals surface area (Å²) in [4.78, 5) is 0. The molecule has 0 aromatic heterocycles. The first-order valence-electron chi connectivity index (χ1n) is 7.70. The first kappa shape index (κ1) is 16.3. The van der Waals surface area contributed by atoms with Crippen LogP contribution in [-0.4, -0.2) is 5.54 Å². The smallest absolute Gasteiger partial charge is 0.123 e. The Hall–Kier alpha value is -2.03. The molecule has 2 nitrogen and oxygen atoms in total. The SMILES string of the molecule is CCC(C)(C)Nc1ccc(OC(C)c2cccc(F)c2)cc1. The number of hydrogen-bond donors (Lipinski definition) is 1. The largest absolute Gasteiger partial charge is 0.486 e. The third kappa shape index (κ3) is 4.48. The summed E-state index contributed by atoms with van der Waals surface area (Å²) in [5.74, 6) is 0.533. The Balaban J connectivity index is 2.02. The van der Waals surface area contributed by atoms with E-state index in [1.165, 1.54) is 12.1 Å². The van der Waals surface area contributed by atoms with Gasteiger partial charge in [-0.2, -0.15) is 0 Å². The van der Waals surface area contributed by atoms with Crippen molar-refractivity contribution >= 4 is 5.69 Å². The Labute approximate surface area is 132 Å². The van der Waals surface area contributed by atoms with Crippen LogP contribution in [0.2, 0.25) is 0 Å². The molecule has 1 unspecified atom stereocenters. The number of hydrogen-bond acceptors (Lipinski definition) is 2. The maximum absolute atomic E-state index is 13.2. The highest BCUT2D eigenvalue weighted by molar-refractivity contribution is 5.48. The van der Waals surface area contributed by atoms with Crippen LogP contribution >= 0.6 is 0 Å². The Morgan fingerprint density at radius 2 is 1.82 bits per heavy atom. The average Bonchev–Trinajstić information content (AvgIpc) is 2.49. The van der Waals surface area contributed by atoms with Crippen LogP contribution in [0.15, 0.2) is 48.5 Å². The molecule has 1 atom stereocenters. The lowest BCUT2D eigenvalue weighted by atomic mass is 10.0. The summed E-state index contributed by atoms with van der Waals surface area (Å²) < 4.78 is 19.1. The molecule has 0 aliphatic heterocycles. The number of anilines is 1. The van der Waals surface area contributed by atoms with E-state index in [0.29, 0.717) is 0 Å². The van der Waals surface area contributed by atoms with Gasteiger partial charge in [-0.05, 0) is 69.2 Å². The van der Waals surface area contributed by atoms with Crippen molar-refractivity contribution in [3.63, 3.8) is 0 Å². The number of rotatable bonds is 6. The Morgan fingerprint density at radius 1 is 1.14 bits per heavy atom. The van der Waals surface area contributed by atoms with Crippen LogP contribution in [0.5, 0.6) is 5.75 Å². The molecule has 22 heavy (non-hydrogen) atoms. The van der Waals surface area contributed by atoms with Crippen molar-refractivity contribution in [2.45, 2.75) is 45.8 Å². The third-order valence-corrected chi connectivity index (χ3v) is 3.85. The fourth-order valence-electron chi connectivity index (χ4n) is 2.13. The zero-order valence-corrected chi connectivity index (χ0v) is 13.7. The van der Waals surface area contributed by atoms with Gasteiger partial charge in [-0.1, -0.05) is 19.1 Å². The summed E-state index contributed by atoms with van der Waals surface area (Å²) >= 11 is 0. The van der Waals surface area contributed by atoms with Gasteiger partial charge in [0.2, 0.25) is 0 Å². The summed E-state index contributed by atoms with van der Waals surface area (Å²) in [6.45, 7) is 8.42. The average molecular weight is 301 g/mol. The summed E-state index contributed by atoms with van der Waals surface area (Å²) in [5.41, 5.74) is 1.96. The summed E-state index contributed by atoms with van der Waals surface area (Å²) in [6.07, 6.45) is 0.851. The maximum Gasteiger partial charge on any atom is 0.123 e. The molecule has 0 saturated heterocycles. The van der Waals surface area contributed by atoms with E-state index in [1.807, 2.05) is 37.3 Å². The number of nitrogens with one attached hydrogen (secondary N) is 1. The summed E-state index contributed by atoms with van der Waals surface area (Å²) in [7, 11) is 0. The number of halogens is 1. The second kappa shape index (κ2) is 6.82. The maximum atomic E-state index is 13.2. The molecule has 0 saturated carbocycles. The molecular formula is C19H24FNO. The van der Waals surface area contributed by atoms with Crippen LogP contribution in [0.1, 0.15) is 45.8 Å². The Morgan fingerprint density at radius 3 is 2.41 bits per heavy atom. The van der Waals surface area contributed by atoms with E-state index >= 15 is 0 Å². The molecule has 0 fully saturated rings. The van der Waals surface area contributed by atoms with Crippen molar-refractivity contribution in [1.29, 1.82) is 0 Å². The predicted molar refractivity (Wildman–Crippen MR) is 89.9 cm³/mol. The van der Waals surface area contributed by atoms with Crippen molar-refractivity contribution < 1.29 is 9.13 Å². The van der Waals surface area contributed by atoms with Gasteiger partial charge in [-0.25, -0.2) is 4.39 Å². The normalized spacial score (nSPS) is 12.8. The van der Waals surface area contributed by atoms with E-state index in [4.69, 9.17) is 4.74 Å². The summed E-state index contributed by atoms with van der Waals surface area (Å²) in [5, 5.41) is 3.48. The standard InChI is InChI=1S/C19H24FNO/c1-5-19(3,4)21-17-9-11-18(12-10-17)22-14(2)15-7-6-8-16(20)13-15/h6-14,21H,5H2,1-4H3. The minimum absolute atomic E-state index is 0.0667. The monoisotopic (exact) mass is 301 g/mol. The van der Waals surface area contributed by atoms with Gasteiger partial charge in [0, 0.05) is 11.2 Å². The van der Waals surface area contributed by atoms with Crippen LogP contribution in [0.25, 0.3) is 0 Å². The van der Waals surface area contributed by atoms with Gasteiger partial charge in [-0.3, -0.25) is 0 Å². The quantitative estimate of drug-likeness (QED) is 0.753. The molecule has 0 spiro atoms. The fourth-order valence-corrected chi connectivity index (χ4v) is 2.13. The van der Waals surface area contributed by atoms with Crippen molar-refractivity contribution in [1.82, 2.24) is 0 Å². The Bertz CT molecular complexity index is 607. The molecule has 3 heteroatoms. The van der Waals surface area contributed by atoms with Crippen molar-refractivity contribution in [2.75, 3.05) is 5.32 Å². The van der Waals surface area contributed by atoms with E-state index in [0.717, 1.165) is 23.4 Å². The summed E-state index contributed by atoms with van der Waals surface area (Å²) in [6, 6.07) is 14.4. The van der Waals surface area contributed by atoms with Gasteiger partial charge in [0.15, 0.2) is 0 Å². The van der Waals surface area contributed by atoms with Crippen molar-refractivity contribution in [3.8, 4) is 5.75 Å². The minimum Gasteiger partial charge on any atom is -0.486 e. The van der Waals surface area contributed by atoms with E-state index in [-0.39, 0.29) is 17.5 Å². The first-order valence-corrected chi connectivity index (χ1v) is 7.70. The molecule has 1 N–H and O–H groups in total. The van der Waals surface area contributed by atoms with E-state index < -0.39 is 0 Å². The zero-order chi connectivity index (χ0) is 16.2. The van der Waals surface area contributed by atoms with E-state index in [2.05, 4.69) is 26.1 Å². The van der Waals surface area contributed by atoms with E-state index in [1.54, 1.807) is 6.07 Å². The van der Waals surface area contributed by atoms with Crippen LogP contribution in [0.3, 0.4) is 0 Å². The van der Waals surface area contributed by atoms with Crippen molar-refractivity contribution in [2.24, 2.45) is 0 Å². The van der Waals surface area contributed by atoms with Crippen molar-refractivity contribution in [3.05, 3.63) is 59.9 Å². The molecule has 2 aromatic rings. The van der Waals surface area contributed by atoms with Gasteiger partial charge in [0.1, 0.15) is 17.7 Å². The Kier molecular flexibility index (Phi) is 5.07. The van der Waals surface area contributed by atoms with Gasteiger partial charge in [-0.15, -0.1) is 0 Å². The van der Waals surface area contributed by atoms with E-state index in [9.17, 15) is 4.39 Å². The highest BCUT2D eigenvalue weighted by Gasteiger charge is 2.14. The molecule has 0 radical (unpaired) electrons. The minimum atomic E-state index is -0.241. The van der Waals surface area contributed by atoms with Gasteiger partial charge < -0.3 is 10.1 Å². The topological polar surface area (TPSA) is 21.3 Å². The molecule has 0 bridgehead atoms.